The van der Waals surface area contributed by atoms with E-state index in [1.165, 1.54) is 12.8 Å². The first kappa shape index (κ1) is 17.5. The molecule has 1 aliphatic carbocycles. The number of pyridine rings is 1. The summed E-state index contributed by atoms with van der Waals surface area (Å²) in [6.07, 6.45) is 4.44. The number of rotatable bonds is 8. The number of thiazole rings is 1. The van der Waals surface area contributed by atoms with Crippen LogP contribution >= 0.6 is 11.3 Å². The third kappa shape index (κ3) is 4.10. The summed E-state index contributed by atoms with van der Waals surface area (Å²) in [4.78, 5) is 9.10. The molecule has 0 atom stereocenters. The van der Waals surface area contributed by atoms with E-state index in [1.807, 2.05) is 30.5 Å². The summed E-state index contributed by atoms with van der Waals surface area (Å²) in [7, 11) is 0. The van der Waals surface area contributed by atoms with Crippen LogP contribution in [0.3, 0.4) is 0 Å². The predicted octanol–water partition coefficient (Wildman–Crippen LogP) is 4.01. The average molecular weight is 395 g/mol. The van der Waals surface area contributed by atoms with Gasteiger partial charge >= 0.3 is 0 Å². The highest BCUT2D eigenvalue weighted by Gasteiger charge is 2.22. The predicted molar refractivity (Wildman–Crippen MR) is 107 cm³/mol. The quantitative estimate of drug-likeness (QED) is 0.622. The maximum absolute atomic E-state index is 5.67. The lowest BCUT2D eigenvalue weighted by atomic mass is 10.2. The highest BCUT2D eigenvalue weighted by atomic mass is 32.1. The Hall–Kier alpha value is -2.64. The molecule has 0 radical (unpaired) electrons. The topological polar surface area (TPSA) is 65.5 Å². The first-order chi connectivity index (χ1) is 13.8. The molecule has 0 saturated heterocycles. The van der Waals surface area contributed by atoms with Gasteiger partial charge in [-0.15, -0.1) is 11.3 Å². The zero-order valence-electron chi connectivity index (χ0n) is 15.4. The highest BCUT2D eigenvalue weighted by Crippen LogP contribution is 2.36. The lowest BCUT2D eigenvalue weighted by Gasteiger charge is -2.06. The van der Waals surface area contributed by atoms with Gasteiger partial charge in [-0.2, -0.15) is 0 Å². The number of aromatic nitrogens is 2. The van der Waals surface area contributed by atoms with Crippen LogP contribution < -0.4 is 19.5 Å². The molecule has 144 valence electrons. The van der Waals surface area contributed by atoms with Crippen LogP contribution in [0.25, 0.3) is 10.6 Å². The summed E-state index contributed by atoms with van der Waals surface area (Å²) in [6, 6.07) is 9.93. The Morgan fingerprint density at radius 3 is 2.89 bits per heavy atom. The van der Waals surface area contributed by atoms with Crippen LogP contribution in [0.5, 0.6) is 17.4 Å². The second kappa shape index (κ2) is 7.77. The van der Waals surface area contributed by atoms with Crippen molar-refractivity contribution < 1.29 is 14.2 Å². The van der Waals surface area contributed by atoms with Gasteiger partial charge in [-0.1, -0.05) is 6.07 Å². The summed E-state index contributed by atoms with van der Waals surface area (Å²) in [5.74, 6) is 3.02. The first-order valence-electron chi connectivity index (χ1n) is 9.46. The molecule has 5 rings (SSSR count). The molecule has 7 heteroatoms. The Morgan fingerprint density at radius 2 is 2.04 bits per heavy atom. The molecular formula is C21H21N3O3S. The molecular weight excluding hydrogens is 374 g/mol. The van der Waals surface area contributed by atoms with Crippen LogP contribution in [0.2, 0.25) is 0 Å². The highest BCUT2D eigenvalue weighted by molar-refractivity contribution is 7.13. The normalized spacial score (nSPS) is 15.0. The number of ether oxygens (including phenoxy) is 3. The van der Waals surface area contributed by atoms with Gasteiger partial charge in [0.25, 0.3) is 0 Å². The van der Waals surface area contributed by atoms with Gasteiger partial charge in [0, 0.05) is 36.3 Å². The molecule has 2 aliphatic rings. The molecule has 3 aromatic rings. The van der Waals surface area contributed by atoms with Gasteiger partial charge in [0.05, 0.1) is 12.3 Å². The van der Waals surface area contributed by atoms with Crippen LogP contribution in [0, 0.1) is 5.92 Å². The number of hydrogen-bond acceptors (Lipinski definition) is 7. The Kier molecular flexibility index (Phi) is 4.85. The fraction of sp³-hybridized carbons (Fsp3) is 0.333. The molecule has 0 bridgehead atoms. The van der Waals surface area contributed by atoms with Crippen LogP contribution in [-0.2, 0) is 13.1 Å². The molecule has 1 saturated carbocycles. The van der Waals surface area contributed by atoms with Crippen molar-refractivity contribution in [3.05, 3.63) is 53.2 Å². The van der Waals surface area contributed by atoms with E-state index in [0.717, 1.165) is 52.4 Å². The van der Waals surface area contributed by atoms with Crippen molar-refractivity contribution in [2.45, 2.75) is 25.9 Å². The third-order valence-electron chi connectivity index (χ3n) is 4.77. The Bertz CT molecular complexity index is 954. The number of hydrogen-bond donors (Lipinski definition) is 1. The van der Waals surface area contributed by atoms with Crippen molar-refractivity contribution in [3.8, 4) is 28.0 Å². The maximum atomic E-state index is 5.67. The minimum absolute atomic E-state index is 0.286. The molecule has 3 heterocycles. The van der Waals surface area contributed by atoms with Crippen LogP contribution in [-0.4, -0.2) is 23.4 Å². The molecule has 0 unspecified atom stereocenters. The SMILES string of the molecule is c1cc(OCC2CC2)ncc1CNCc1csc(-c2ccc3c(c2)OCO3)n1. The van der Waals surface area contributed by atoms with Gasteiger partial charge < -0.3 is 19.5 Å². The Balaban J connectivity index is 1.13. The standard InChI is InChI=1S/C21H21N3O3S/c1-2-14(1)11-25-20-6-3-15(9-23-20)8-22-10-17-12-28-21(24-17)16-4-5-18-19(7-16)27-13-26-18/h3-7,9,12,14,22H,1-2,8,10-11,13H2. The smallest absolute Gasteiger partial charge is 0.231 e. The number of fused-ring (bicyclic) bond motifs is 1. The van der Waals surface area contributed by atoms with Gasteiger partial charge in [-0.3, -0.25) is 0 Å². The van der Waals surface area contributed by atoms with Gasteiger partial charge in [-0.05, 0) is 42.5 Å². The molecule has 1 fully saturated rings. The first-order valence-corrected chi connectivity index (χ1v) is 10.3. The molecule has 1 N–H and O–H groups in total. The Morgan fingerprint density at radius 1 is 1.11 bits per heavy atom. The van der Waals surface area contributed by atoms with E-state index in [9.17, 15) is 0 Å². The number of nitrogens with one attached hydrogen (secondary N) is 1. The van der Waals surface area contributed by atoms with Crippen LogP contribution in [0.1, 0.15) is 24.1 Å². The molecule has 1 aliphatic heterocycles. The van der Waals surface area contributed by atoms with E-state index in [1.54, 1.807) is 11.3 Å². The van der Waals surface area contributed by atoms with E-state index in [4.69, 9.17) is 19.2 Å². The van der Waals surface area contributed by atoms with Crippen molar-refractivity contribution in [3.63, 3.8) is 0 Å². The van der Waals surface area contributed by atoms with Gasteiger partial charge in [0.15, 0.2) is 11.5 Å². The van der Waals surface area contributed by atoms with Crippen molar-refractivity contribution in [1.82, 2.24) is 15.3 Å². The maximum Gasteiger partial charge on any atom is 0.231 e. The fourth-order valence-electron chi connectivity index (χ4n) is 2.97. The Labute approximate surface area is 167 Å². The lowest BCUT2D eigenvalue weighted by molar-refractivity contribution is 0.174. The minimum atomic E-state index is 0.286. The van der Waals surface area contributed by atoms with Crippen molar-refractivity contribution >= 4 is 11.3 Å². The zero-order chi connectivity index (χ0) is 18.8. The molecule has 1 aromatic carbocycles. The van der Waals surface area contributed by atoms with E-state index in [-0.39, 0.29) is 6.79 Å². The van der Waals surface area contributed by atoms with E-state index >= 15 is 0 Å². The summed E-state index contributed by atoms with van der Waals surface area (Å²) in [5.41, 5.74) is 3.20. The summed E-state index contributed by atoms with van der Waals surface area (Å²) >= 11 is 1.63. The van der Waals surface area contributed by atoms with Crippen LogP contribution in [0.15, 0.2) is 41.9 Å². The molecule has 2 aromatic heterocycles. The molecule has 28 heavy (non-hydrogen) atoms. The summed E-state index contributed by atoms with van der Waals surface area (Å²) < 4.78 is 16.5. The number of nitrogens with zero attached hydrogens (tertiary/aromatic N) is 2. The van der Waals surface area contributed by atoms with Gasteiger partial charge in [0.2, 0.25) is 12.7 Å². The summed E-state index contributed by atoms with van der Waals surface area (Å²) in [5, 5.41) is 6.49. The molecule has 0 amide bonds. The fourth-order valence-corrected chi connectivity index (χ4v) is 3.79. The van der Waals surface area contributed by atoms with Crippen molar-refractivity contribution in [1.29, 1.82) is 0 Å². The van der Waals surface area contributed by atoms with Crippen LogP contribution in [0.4, 0.5) is 0 Å². The molecule has 0 spiro atoms. The average Bonchev–Trinajstić information content (AvgIpc) is 3.23. The van der Waals surface area contributed by atoms with E-state index < -0.39 is 0 Å². The van der Waals surface area contributed by atoms with Gasteiger partial charge in [0.1, 0.15) is 5.01 Å². The van der Waals surface area contributed by atoms with E-state index in [0.29, 0.717) is 12.4 Å². The second-order valence-corrected chi connectivity index (χ2v) is 7.93. The van der Waals surface area contributed by atoms with E-state index in [2.05, 4.69) is 21.7 Å². The van der Waals surface area contributed by atoms with Gasteiger partial charge in [-0.25, -0.2) is 9.97 Å². The second-order valence-electron chi connectivity index (χ2n) is 7.07. The summed E-state index contributed by atoms with van der Waals surface area (Å²) in [6.45, 7) is 2.53. The van der Waals surface area contributed by atoms with Crippen molar-refractivity contribution in [2.24, 2.45) is 5.92 Å². The third-order valence-corrected chi connectivity index (χ3v) is 5.71. The molecule has 6 nitrogen and oxygen atoms in total. The largest absolute Gasteiger partial charge is 0.477 e. The lowest BCUT2D eigenvalue weighted by Crippen LogP contribution is -2.13. The monoisotopic (exact) mass is 395 g/mol. The zero-order valence-corrected chi connectivity index (χ0v) is 16.2. The minimum Gasteiger partial charge on any atom is -0.477 e. The number of benzene rings is 1. The van der Waals surface area contributed by atoms with Crippen molar-refractivity contribution in [2.75, 3.05) is 13.4 Å².